The summed E-state index contributed by atoms with van der Waals surface area (Å²) in [5.74, 6) is 0.00116. The molecule has 0 amide bonds. The minimum absolute atomic E-state index is 0.154. The van der Waals surface area contributed by atoms with Crippen molar-refractivity contribution in [2.24, 2.45) is 5.92 Å². The van der Waals surface area contributed by atoms with Crippen LogP contribution >= 0.6 is 0 Å². The summed E-state index contributed by atoms with van der Waals surface area (Å²) in [7, 11) is 0. The zero-order chi connectivity index (χ0) is 11.0. The predicted octanol–water partition coefficient (Wildman–Crippen LogP) is 1.47. The minimum atomic E-state index is -0.240. The van der Waals surface area contributed by atoms with Gasteiger partial charge in [-0.25, -0.2) is 0 Å². The summed E-state index contributed by atoms with van der Waals surface area (Å²) in [4.78, 5) is 13.8. The topological polar surface area (TPSA) is 62.7 Å². The molecular formula is C10H16N2O2. The smallest absolute Gasteiger partial charge is 0.323 e. The first-order valence-electron chi connectivity index (χ1n) is 4.54. The minimum Gasteiger partial charge on any atom is -0.373 e. The molecule has 78 valence electrons. The number of hydrogen-bond acceptors (Lipinski definition) is 2. The van der Waals surface area contributed by atoms with Crippen LogP contribution in [-0.4, -0.2) is 29.5 Å². The largest absolute Gasteiger partial charge is 0.373 e. The molecule has 0 radical (unpaired) electrons. The van der Waals surface area contributed by atoms with Gasteiger partial charge in [-0.15, -0.1) is 6.58 Å². The Morgan fingerprint density at radius 2 is 2.29 bits per heavy atom. The van der Waals surface area contributed by atoms with Crippen LogP contribution in [0.15, 0.2) is 12.7 Å². The summed E-state index contributed by atoms with van der Waals surface area (Å²) in [5, 5.41) is 0. The van der Waals surface area contributed by atoms with E-state index in [0.29, 0.717) is 6.61 Å². The van der Waals surface area contributed by atoms with E-state index >= 15 is 0 Å². The number of rotatable bonds is 7. The van der Waals surface area contributed by atoms with E-state index in [1.807, 2.05) is 13.8 Å². The monoisotopic (exact) mass is 196 g/mol. The highest BCUT2D eigenvalue weighted by atomic mass is 16.5. The second-order valence-corrected chi connectivity index (χ2v) is 3.32. The molecule has 0 aliphatic heterocycles. The molecular weight excluding hydrogens is 180 g/mol. The Kier molecular flexibility index (Phi) is 6.54. The molecule has 4 nitrogen and oxygen atoms in total. The molecule has 1 unspecified atom stereocenters. The van der Waals surface area contributed by atoms with Gasteiger partial charge >= 0.3 is 6.21 Å². The molecule has 0 heterocycles. The molecule has 0 spiro atoms. The van der Waals surface area contributed by atoms with Crippen LogP contribution in [0.2, 0.25) is 0 Å². The standard InChI is InChI=1S/C10H16N2O2/c1-4-5-14-10(8(2)3)6-9(13)7-12-11/h4,7-8,10H,1,5-6H2,2-3H3. The summed E-state index contributed by atoms with van der Waals surface area (Å²) in [6.45, 7) is 7.89. The van der Waals surface area contributed by atoms with Crippen LogP contribution in [-0.2, 0) is 9.53 Å². The van der Waals surface area contributed by atoms with Crippen molar-refractivity contribution in [2.75, 3.05) is 6.61 Å². The van der Waals surface area contributed by atoms with Gasteiger partial charge in [-0.2, -0.15) is 4.79 Å². The van der Waals surface area contributed by atoms with Crippen molar-refractivity contribution < 1.29 is 14.3 Å². The lowest BCUT2D eigenvalue weighted by Crippen LogP contribution is -2.24. The third kappa shape index (κ3) is 5.41. The second-order valence-electron chi connectivity index (χ2n) is 3.32. The molecule has 0 N–H and O–H groups in total. The van der Waals surface area contributed by atoms with Crippen LogP contribution in [0, 0.1) is 5.92 Å². The van der Waals surface area contributed by atoms with Gasteiger partial charge in [0.25, 0.3) is 0 Å². The van der Waals surface area contributed by atoms with E-state index < -0.39 is 0 Å². The van der Waals surface area contributed by atoms with E-state index in [0.717, 1.165) is 6.21 Å². The molecule has 0 aliphatic carbocycles. The first kappa shape index (κ1) is 12.8. The predicted molar refractivity (Wildman–Crippen MR) is 54.1 cm³/mol. The van der Waals surface area contributed by atoms with Gasteiger partial charge in [0.1, 0.15) is 0 Å². The number of Topliss-reactive ketones (excluding diaryl/α,β-unsaturated/α-hetero) is 1. The van der Waals surface area contributed by atoms with Crippen LogP contribution in [0.5, 0.6) is 0 Å². The van der Waals surface area contributed by atoms with Crippen LogP contribution in [0.1, 0.15) is 20.3 Å². The summed E-state index contributed by atoms with van der Waals surface area (Å²) >= 11 is 0. The van der Waals surface area contributed by atoms with Gasteiger partial charge in [0.15, 0.2) is 0 Å². The van der Waals surface area contributed by atoms with Crippen molar-refractivity contribution in [2.45, 2.75) is 26.4 Å². The van der Waals surface area contributed by atoms with Crippen molar-refractivity contribution in [3.05, 3.63) is 18.2 Å². The molecule has 0 aliphatic rings. The average molecular weight is 196 g/mol. The number of hydrogen-bond donors (Lipinski definition) is 0. The highest BCUT2D eigenvalue weighted by molar-refractivity contribution is 6.25. The van der Waals surface area contributed by atoms with Gasteiger partial charge in [0, 0.05) is 6.42 Å². The summed E-state index contributed by atoms with van der Waals surface area (Å²) in [6.07, 6.45) is 2.61. The Bertz CT molecular complexity index is 243. The molecule has 14 heavy (non-hydrogen) atoms. The average Bonchev–Trinajstić information content (AvgIpc) is 2.12. The molecule has 0 saturated carbocycles. The summed E-state index contributed by atoms with van der Waals surface area (Å²) < 4.78 is 5.39. The maximum atomic E-state index is 11.1. The van der Waals surface area contributed by atoms with E-state index in [4.69, 9.17) is 10.3 Å². The normalized spacial score (nSPS) is 11.9. The Morgan fingerprint density at radius 3 is 2.71 bits per heavy atom. The summed E-state index contributed by atoms with van der Waals surface area (Å²) in [5.41, 5.74) is 8.16. The number of ether oxygens (including phenoxy) is 1. The van der Waals surface area contributed by atoms with E-state index in [1.54, 1.807) is 6.08 Å². The molecule has 0 aromatic heterocycles. The van der Waals surface area contributed by atoms with Gasteiger partial charge in [0.05, 0.1) is 12.7 Å². The Hall–Kier alpha value is -1.25. The van der Waals surface area contributed by atoms with E-state index in [1.165, 1.54) is 0 Å². The lowest BCUT2D eigenvalue weighted by atomic mass is 10.0. The molecule has 0 aromatic carbocycles. The van der Waals surface area contributed by atoms with Crippen molar-refractivity contribution in [1.29, 1.82) is 0 Å². The second kappa shape index (κ2) is 7.18. The van der Waals surface area contributed by atoms with Crippen molar-refractivity contribution in [3.63, 3.8) is 0 Å². The molecule has 0 aromatic rings. The lowest BCUT2D eigenvalue weighted by molar-refractivity contribution is -0.119. The fourth-order valence-electron chi connectivity index (χ4n) is 0.994. The number of nitrogens with zero attached hydrogens (tertiary/aromatic N) is 2. The quantitative estimate of drug-likeness (QED) is 0.268. The lowest BCUT2D eigenvalue weighted by Gasteiger charge is -2.18. The molecule has 1 atom stereocenters. The molecule has 0 saturated heterocycles. The van der Waals surface area contributed by atoms with Gasteiger partial charge in [0.2, 0.25) is 5.78 Å². The first-order chi connectivity index (χ1) is 6.61. The number of ketones is 1. The Labute approximate surface area is 84.2 Å². The van der Waals surface area contributed by atoms with Gasteiger partial charge in [-0.1, -0.05) is 19.9 Å². The number of carbonyl (C=O) groups is 1. The van der Waals surface area contributed by atoms with E-state index in [2.05, 4.69) is 11.4 Å². The zero-order valence-electron chi connectivity index (χ0n) is 8.64. The Balaban J connectivity index is 4.14. The maximum Gasteiger partial charge on any atom is 0.323 e. The van der Waals surface area contributed by atoms with Gasteiger partial charge in [-0.05, 0) is 5.92 Å². The number of carbonyl (C=O) groups excluding carboxylic acids is 1. The Morgan fingerprint density at radius 1 is 1.64 bits per heavy atom. The molecule has 0 rings (SSSR count). The van der Waals surface area contributed by atoms with Crippen LogP contribution < -0.4 is 0 Å². The fourth-order valence-corrected chi connectivity index (χ4v) is 0.994. The highest BCUT2D eigenvalue weighted by Gasteiger charge is 2.18. The van der Waals surface area contributed by atoms with Crippen LogP contribution in [0.3, 0.4) is 0 Å². The SMILES string of the molecule is C=CCOC(CC(=O)C=[N+]=[N-])C(C)C. The third-order valence-corrected chi connectivity index (χ3v) is 1.78. The van der Waals surface area contributed by atoms with E-state index in [9.17, 15) is 4.79 Å². The van der Waals surface area contributed by atoms with Gasteiger partial charge < -0.3 is 10.3 Å². The third-order valence-electron chi connectivity index (χ3n) is 1.78. The first-order valence-corrected chi connectivity index (χ1v) is 4.54. The maximum absolute atomic E-state index is 11.1. The highest BCUT2D eigenvalue weighted by Crippen LogP contribution is 2.10. The zero-order valence-corrected chi connectivity index (χ0v) is 8.64. The summed E-state index contributed by atoms with van der Waals surface area (Å²) in [6, 6.07) is 0. The molecule has 0 fully saturated rings. The van der Waals surface area contributed by atoms with Crippen molar-refractivity contribution in [1.82, 2.24) is 0 Å². The van der Waals surface area contributed by atoms with Crippen molar-refractivity contribution >= 4 is 12.0 Å². The molecule has 0 bridgehead atoms. The van der Waals surface area contributed by atoms with Crippen LogP contribution in [0.25, 0.3) is 5.53 Å². The van der Waals surface area contributed by atoms with Crippen molar-refractivity contribution in [3.8, 4) is 0 Å². The van der Waals surface area contributed by atoms with Gasteiger partial charge in [-0.3, -0.25) is 4.79 Å². The fraction of sp³-hybridized carbons (Fsp3) is 0.600. The molecule has 4 heteroatoms. The van der Waals surface area contributed by atoms with Crippen LogP contribution in [0.4, 0.5) is 0 Å². The van der Waals surface area contributed by atoms with E-state index in [-0.39, 0.29) is 24.2 Å².